The molecule has 1 amide bonds. The number of hydrogen-bond acceptors (Lipinski definition) is 5. The van der Waals surface area contributed by atoms with Gasteiger partial charge in [-0.3, -0.25) is 9.69 Å². The average molecular weight is 372 g/mol. The van der Waals surface area contributed by atoms with E-state index in [1.807, 2.05) is 37.3 Å². The highest BCUT2D eigenvalue weighted by molar-refractivity contribution is 5.77. The molecule has 2 aromatic rings. The minimum absolute atomic E-state index is 0.0467. The smallest absolute Gasteiger partial charge is 0.258 e. The van der Waals surface area contributed by atoms with E-state index >= 15 is 0 Å². The topological polar surface area (TPSA) is 63.9 Å². The lowest BCUT2D eigenvalue weighted by molar-refractivity contribution is -0.123. The molecule has 0 aliphatic carbocycles. The van der Waals surface area contributed by atoms with Crippen LogP contribution in [0.4, 0.5) is 0 Å². The summed E-state index contributed by atoms with van der Waals surface area (Å²) >= 11 is 0. The number of ether oxygens (including phenoxy) is 2. The molecule has 2 heterocycles. The SMILES string of the molecule is CCOc1ccccc1OCC(=O)NCC(c1ccco1)N1CCCCC1. The molecule has 0 saturated carbocycles. The van der Waals surface area contributed by atoms with Gasteiger partial charge in [0, 0.05) is 6.54 Å². The number of rotatable bonds is 9. The van der Waals surface area contributed by atoms with Gasteiger partial charge < -0.3 is 19.2 Å². The first-order chi connectivity index (χ1) is 13.3. The van der Waals surface area contributed by atoms with Crippen molar-refractivity contribution in [2.75, 3.05) is 32.8 Å². The van der Waals surface area contributed by atoms with Gasteiger partial charge in [0.05, 0.1) is 18.9 Å². The highest BCUT2D eigenvalue weighted by atomic mass is 16.5. The predicted octanol–water partition coefficient (Wildman–Crippen LogP) is 3.40. The Kier molecular flexibility index (Phi) is 7.16. The number of nitrogens with zero attached hydrogens (tertiary/aromatic N) is 1. The van der Waals surface area contributed by atoms with Gasteiger partial charge in [-0.2, -0.15) is 0 Å². The van der Waals surface area contributed by atoms with Gasteiger partial charge in [0.25, 0.3) is 5.91 Å². The molecule has 0 bridgehead atoms. The largest absolute Gasteiger partial charge is 0.490 e. The van der Waals surface area contributed by atoms with Crippen LogP contribution in [0.1, 0.15) is 38.0 Å². The molecule has 3 rings (SSSR count). The Morgan fingerprint density at radius 1 is 1.11 bits per heavy atom. The predicted molar refractivity (Wildman–Crippen MR) is 103 cm³/mol. The third-order valence-corrected chi connectivity index (χ3v) is 4.70. The summed E-state index contributed by atoms with van der Waals surface area (Å²) in [6.45, 7) is 4.98. The van der Waals surface area contributed by atoms with Crippen molar-refractivity contribution in [2.24, 2.45) is 0 Å². The van der Waals surface area contributed by atoms with Crippen LogP contribution in [0.2, 0.25) is 0 Å². The summed E-state index contributed by atoms with van der Waals surface area (Å²) in [5.74, 6) is 1.96. The lowest BCUT2D eigenvalue weighted by atomic mass is 10.1. The summed E-state index contributed by atoms with van der Waals surface area (Å²) in [6, 6.07) is 11.3. The fourth-order valence-corrected chi connectivity index (χ4v) is 3.37. The van der Waals surface area contributed by atoms with E-state index in [4.69, 9.17) is 13.9 Å². The van der Waals surface area contributed by atoms with Crippen LogP contribution in [-0.4, -0.2) is 43.7 Å². The molecule has 1 aromatic carbocycles. The summed E-state index contributed by atoms with van der Waals surface area (Å²) < 4.78 is 16.8. The van der Waals surface area contributed by atoms with Crippen LogP contribution in [0.3, 0.4) is 0 Å². The number of likely N-dealkylation sites (tertiary alicyclic amines) is 1. The van der Waals surface area contributed by atoms with Gasteiger partial charge in [0.1, 0.15) is 5.76 Å². The van der Waals surface area contributed by atoms with Crippen LogP contribution in [0.5, 0.6) is 11.5 Å². The average Bonchev–Trinajstić information content (AvgIpc) is 3.23. The molecular formula is C21H28N2O4. The number of hydrogen-bond donors (Lipinski definition) is 1. The monoisotopic (exact) mass is 372 g/mol. The van der Waals surface area contributed by atoms with Crippen LogP contribution in [0.25, 0.3) is 0 Å². The van der Waals surface area contributed by atoms with Gasteiger partial charge in [-0.1, -0.05) is 18.6 Å². The lowest BCUT2D eigenvalue weighted by Crippen LogP contribution is -2.41. The van der Waals surface area contributed by atoms with E-state index < -0.39 is 0 Å². The van der Waals surface area contributed by atoms with Crippen molar-refractivity contribution < 1.29 is 18.7 Å². The van der Waals surface area contributed by atoms with Crippen molar-refractivity contribution in [1.29, 1.82) is 0 Å². The number of nitrogens with one attached hydrogen (secondary N) is 1. The molecule has 1 fully saturated rings. The second-order valence-electron chi connectivity index (χ2n) is 6.60. The number of furan rings is 1. The third-order valence-electron chi connectivity index (χ3n) is 4.70. The molecule has 0 radical (unpaired) electrons. The molecular weight excluding hydrogens is 344 g/mol. The minimum Gasteiger partial charge on any atom is -0.490 e. The number of amides is 1. The fraction of sp³-hybridized carbons (Fsp3) is 0.476. The second kappa shape index (κ2) is 10.0. The summed E-state index contributed by atoms with van der Waals surface area (Å²) in [6.07, 6.45) is 5.31. The van der Waals surface area contributed by atoms with E-state index in [1.165, 1.54) is 19.3 Å². The van der Waals surface area contributed by atoms with E-state index in [2.05, 4.69) is 10.2 Å². The summed E-state index contributed by atoms with van der Waals surface area (Å²) in [5.41, 5.74) is 0. The first-order valence-corrected chi connectivity index (χ1v) is 9.66. The van der Waals surface area contributed by atoms with Crippen LogP contribution in [-0.2, 0) is 4.79 Å². The Morgan fingerprint density at radius 3 is 2.52 bits per heavy atom. The molecule has 0 spiro atoms. The molecule has 1 atom stereocenters. The molecule has 6 nitrogen and oxygen atoms in total. The Bertz CT molecular complexity index is 696. The second-order valence-corrected chi connectivity index (χ2v) is 6.60. The lowest BCUT2D eigenvalue weighted by Gasteiger charge is -2.33. The van der Waals surface area contributed by atoms with Crippen molar-refractivity contribution in [3.63, 3.8) is 0 Å². The molecule has 146 valence electrons. The van der Waals surface area contributed by atoms with E-state index in [-0.39, 0.29) is 18.6 Å². The highest BCUT2D eigenvalue weighted by Crippen LogP contribution is 2.26. The molecule has 1 unspecified atom stereocenters. The standard InChI is InChI=1S/C21H28N2O4/c1-2-25-19-9-4-5-10-20(19)27-16-21(24)22-15-17(18-11-8-14-26-18)23-12-6-3-7-13-23/h4-5,8-11,14,17H,2-3,6-7,12-13,15-16H2,1H3,(H,22,24). The molecule has 1 saturated heterocycles. The van der Waals surface area contributed by atoms with Crippen molar-refractivity contribution in [2.45, 2.75) is 32.2 Å². The third kappa shape index (κ3) is 5.50. The van der Waals surface area contributed by atoms with Gasteiger partial charge in [0.15, 0.2) is 18.1 Å². The first kappa shape index (κ1) is 19.3. The van der Waals surface area contributed by atoms with E-state index in [0.717, 1.165) is 18.8 Å². The molecule has 1 aromatic heterocycles. The number of piperidine rings is 1. The van der Waals surface area contributed by atoms with Gasteiger partial charge >= 0.3 is 0 Å². The van der Waals surface area contributed by atoms with E-state index in [1.54, 1.807) is 12.3 Å². The number of carbonyl (C=O) groups excluding carboxylic acids is 1. The van der Waals surface area contributed by atoms with Crippen LogP contribution < -0.4 is 14.8 Å². The minimum atomic E-state index is -0.158. The quantitative estimate of drug-likeness (QED) is 0.731. The Morgan fingerprint density at radius 2 is 1.85 bits per heavy atom. The van der Waals surface area contributed by atoms with E-state index in [9.17, 15) is 4.79 Å². The van der Waals surface area contributed by atoms with Gasteiger partial charge in [-0.05, 0) is 57.1 Å². The van der Waals surface area contributed by atoms with Crippen molar-refractivity contribution >= 4 is 5.91 Å². The molecule has 6 heteroatoms. The zero-order chi connectivity index (χ0) is 18.9. The summed E-state index contributed by atoms with van der Waals surface area (Å²) in [4.78, 5) is 14.7. The maximum atomic E-state index is 12.3. The van der Waals surface area contributed by atoms with Crippen molar-refractivity contribution in [1.82, 2.24) is 10.2 Å². The Labute approximate surface area is 160 Å². The van der Waals surface area contributed by atoms with Crippen LogP contribution in [0.15, 0.2) is 47.1 Å². The molecule has 1 N–H and O–H groups in total. The maximum absolute atomic E-state index is 12.3. The van der Waals surface area contributed by atoms with Crippen LogP contribution >= 0.6 is 0 Å². The molecule has 27 heavy (non-hydrogen) atoms. The number of carbonyl (C=O) groups is 1. The van der Waals surface area contributed by atoms with Gasteiger partial charge in [-0.25, -0.2) is 0 Å². The number of para-hydroxylation sites is 2. The summed E-state index contributed by atoms with van der Waals surface area (Å²) in [5, 5.41) is 2.98. The molecule has 1 aliphatic rings. The zero-order valence-corrected chi connectivity index (χ0v) is 15.9. The number of benzene rings is 1. The Balaban J connectivity index is 1.53. The Hall–Kier alpha value is -2.47. The zero-order valence-electron chi connectivity index (χ0n) is 15.9. The van der Waals surface area contributed by atoms with Crippen molar-refractivity contribution in [3.05, 3.63) is 48.4 Å². The van der Waals surface area contributed by atoms with Gasteiger partial charge in [0.2, 0.25) is 0 Å². The van der Waals surface area contributed by atoms with Crippen molar-refractivity contribution in [3.8, 4) is 11.5 Å². The highest BCUT2D eigenvalue weighted by Gasteiger charge is 2.25. The maximum Gasteiger partial charge on any atom is 0.258 e. The molecule has 1 aliphatic heterocycles. The van der Waals surface area contributed by atoms with Gasteiger partial charge in [-0.15, -0.1) is 0 Å². The first-order valence-electron chi connectivity index (χ1n) is 9.66. The normalized spacial score (nSPS) is 15.9. The fourth-order valence-electron chi connectivity index (χ4n) is 3.37. The summed E-state index contributed by atoms with van der Waals surface area (Å²) in [7, 11) is 0. The van der Waals surface area contributed by atoms with E-state index in [0.29, 0.717) is 24.7 Å². The van der Waals surface area contributed by atoms with Crippen LogP contribution in [0, 0.1) is 0 Å².